The van der Waals surface area contributed by atoms with Crippen LogP contribution in [0.15, 0.2) is 36.5 Å². The highest BCUT2D eigenvalue weighted by Crippen LogP contribution is 2.30. The Bertz CT molecular complexity index is 908. The van der Waals surface area contributed by atoms with Crippen LogP contribution in [0.1, 0.15) is 16.3 Å². The van der Waals surface area contributed by atoms with Crippen molar-refractivity contribution in [2.24, 2.45) is 0 Å². The number of hydrogen-bond acceptors (Lipinski definition) is 6. The molecule has 8 nitrogen and oxygen atoms in total. The van der Waals surface area contributed by atoms with Crippen LogP contribution in [0, 0.1) is 6.92 Å². The lowest BCUT2D eigenvalue weighted by Gasteiger charge is -2.26. The lowest BCUT2D eigenvalue weighted by atomic mass is 10.2. The minimum atomic E-state index is -0.373. The molecule has 122 valence electrons. The zero-order valence-corrected chi connectivity index (χ0v) is 13.0. The number of benzene rings is 1. The highest BCUT2D eigenvalue weighted by Gasteiger charge is 2.22. The predicted molar refractivity (Wildman–Crippen MR) is 84.2 cm³/mol. The molecule has 0 bridgehead atoms. The summed E-state index contributed by atoms with van der Waals surface area (Å²) in [5.41, 5.74) is 0.854. The first-order valence-electron chi connectivity index (χ1n) is 7.56. The topological polar surface area (TPSA) is 90.6 Å². The van der Waals surface area contributed by atoms with E-state index in [0.29, 0.717) is 30.4 Å². The molecule has 1 aromatic carbocycles. The van der Waals surface area contributed by atoms with E-state index in [0.717, 1.165) is 5.69 Å². The van der Waals surface area contributed by atoms with Gasteiger partial charge in [0.2, 0.25) is 5.82 Å². The first-order valence-corrected chi connectivity index (χ1v) is 7.56. The molecule has 2 aromatic heterocycles. The number of aryl methyl sites for hydroxylation is 1. The third kappa shape index (κ3) is 2.62. The third-order valence-corrected chi connectivity index (χ3v) is 3.69. The van der Waals surface area contributed by atoms with Gasteiger partial charge in [-0.1, -0.05) is 12.1 Å². The van der Waals surface area contributed by atoms with Gasteiger partial charge in [0.25, 0.3) is 11.7 Å². The predicted octanol–water partition coefficient (Wildman–Crippen LogP) is 1.00. The van der Waals surface area contributed by atoms with Crippen LogP contribution in [0.2, 0.25) is 0 Å². The van der Waals surface area contributed by atoms with Crippen molar-refractivity contribution in [3.8, 4) is 11.5 Å². The standard InChI is InChI=1S/C16H15N5O3/c1-10-6-7-17-16-19-14(20-21(10)16)15(22)18-8-11-9-23-12-4-2-3-5-13(12)24-11/h2-7,11H,8-9H2,1H3,(H,18,22). The molecule has 1 atom stereocenters. The van der Waals surface area contributed by atoms with Gasteiger partial charge in [0, 0.05) is 11.9 Å². The molecule has 3 aromatic rings. The molecule has 1 amide bonds. The summed E-state index contributed by atoms with van der Waals surface area (Å²) in [7, 11) is 0. The summed E-state index contributed by atoms with van der Waals surface area (Å²) < 4.78 is 12.9. The van der Waals surface area contributed by atoms with E-state index >= 15 is 0 Å². The van der Waals surface area contributed by atoms with E-state index in [1.807, 2.05) is 31.2 Å². The molecule has 1 aliphatic heterocycles. The summed E-state index contributed by atoms with van der Waals surface area (Å²) in [6.07, 6.45) is 1.37. The van der Waals surface area contributed by atoms with E-state index in [1.165, 1.54) is 4.52 Å². The van der Waals surface area contributed by atoms with Gasteiger partial charge in [-0.25, -0.2) is 9.50 Å². The van der Waals surface area contributed by atoms with Gasteiger partial charge in [-0.3, -0.25) is 4.79 Å². The van der Waals surface area contributed by atoms with Crippen LogP contribution in [0.4, 0.5) is 0 Å². The number of aromatic nitrogens is 4. The second-order valence-electron chi connectivity index (χ2n) is 5.44. The van der Waals surface area contributed by atoms with Gasteiger partial charge < -0.3 is 14.8 Å². The first-order chi connectivity index (χ1) is 11.7. The molecular weight excluding hydrogens is 310 g/mol. The van der Waals surface area contributed by atoms with E-state index in [1.54, 1.807) is 12.3 Å². The summed E-state index contributed by atoms with van der Waals surface area (Å²) in [6.45, 7) is 2.54. The Labute approximate surface area is 137 Å². The average Bonchev–Trinajstić information content (AvgIpc) is 3.05. The number of nitrogens with zero attached hydrogens (tertiary/aromatic N) is 4. The van der Waals surface area contributed by atoms with Crippen molar-refractivity contribution in [2.45, 2.75) is 13.0 Å². The molecule has 3 heterocycles. The molecule has 0 spiro atoms. The van der Waals surface area contributed by atoms with E-state index in [4.69, 9.17) is 9.47 Å². The maximum absolute atomic E-state index is 12.2. The number of ether oxygens (including phenoxy) is 2. The lowest BCUT2D eigenvalue weighted by molar-refractivity contribution is 0.0783. The Morgan fingerprint density at radius 3 is 3.00 bits per heavy atom. The zero-order valence-electron chi connectivity index (χ0n) is 13.0. The molecule has 1 aliphatic rings. The molecule has 0 fully saturated rings. The fourth-order valence-electron chi connectivity index (χ4n) is 2.45. The van der Waals surface area contributed by atoms with Crippen LogP contribution in [-0.2, 0) is 0 Å². The van der Waals surface area contributed by atoms with Crippen LogP contribution < -0.4 is 14.8 Å². The van der Waals surface area contributed by atoms with Crippen molar-refractivity contribution in [3.63, 3.8) is 0 Å². The third-order valence-electron chi connectivity index (χ3n) is 3.69. The Morgan fingerprint density at radius 2 is 2.17 bits per heavy atom. The molecule has 0 aliphatic carbocycles. The number of carbonyl (C=O) groups is 1. The zero-order chi connectivity index (χ0) is 16.5. The number of nitrogens with one attached hydrogen (secondary N) is 1. The molecule has 1 unspecified atom stereocenters. The summed E-state index contributed by atoms with van der Waals surface area (Å²) in [4.78, 5) is 20.5. The van der Waals surface area contributed by atoms with Crippen LogP contribution >= 0.6 is 0 Å². The number of amides is 1. The van der Waals surface area contributed by atoms with Crippen LogP contribution in [0.5, 0.6) is 11.5 Å². The quantitative estimate of drug-likeness (QED) is 0.773. The molecule has 24 heavy (non-hydrogen) atoms. The second kappa shape index (κ2) is 5.80. The summed E-state index contributed by atoms with van der Waals surface area (Å²) >= 11 is 0. The molecule has 0 radical (unpaired) electrons. The van der Waals surface area contributed by atoms with Gasteiger partial charge >= 0.3 is 0 Å². The number of para-hydroxylation sites is 2. The minimum absolute atomic E-state index is 0.0777. The van der Waals surface area contributed by atoms with Crippen molar-refractivity contribution in [3.05, 3.63) is 48.0 Å². The summed E-state index contributed by atoms with van der Waals surface area (Å²) in [5, 5.41) is 6.94. The number of carbonyl (C=O) groups excluding carboxylic acids is 1. The number of fused-ring (bicyclic) bond motifs is 2. The van der Waals surface area contributed by atoms with Crippen LogP contribution in [0.25, 0.3) is 5.78 Å². The number of rotatable bonds is 3. The minimum Gasteiger partial charge on any atom is -0.486 e. The van der Waals surface area contributed by atoms with E-state index in [9.17, 15) is 4.79 Å². The van der Waals surface area contributed by atoms with Crippen molar-refractivity contribution in [1.82, 2.24) is 24.9 Å². The molecule has 8 heteroatoms. The molecule has 0 saturated carbocycles. The fourth-order valence-corrected chi connectivity index (χ4v) is 2.45. The maximum atomic E-state index is 12.2. The summed E-state index contributed by atoms with van der Waals surface area (Å²) in [5.74, 6) is 1.49. The fraction of sp³-hybridized carbons (Fsp3) is 0.250. The van der Waals surface area contributed by atoms with Gasteiger partial charge in [0.15, 0.2) is 11.5 Å². The van der Waals surface area contributed by atoms with Crippen molar-refractivity contribution in [2.75, 3.05) is 13.2 Å². The Kier molecular flexibility index (Phi) is 3.49. The number of hydrogen-bond donors (Lipinski definition) is 1. The van der Waals surface area contributed by atoms with E-state index in [2.05, 4.69) is 20.4 Å². The van der Waals surface area contributed by atoms with Crippen molar-refractivity contribution >= 4 is 11.7 Å². The van der Waals surface area contributed by atoms with Crippen molar-refractivity contribution in [1.29, 1.82) is 0 Å². The lowest BCUT2D eigenvalue weighted by Crippen LogP contribution is -2.41. The van der Waals surface area contributed by atoms with Crippen molar-refractivity contribution < 1.29 is 14.3 Å². The van der Waals surface area contributed by atoms with E-state index < -0.39 is 0 Å². The average molecular weight is 325 g/mol. The van der Waals surface area contributed by atoms with E-state index in [-0.39, 0.29) is 17.8 Å². The molecule has 1 N–H and O–H groups in total. The maximum Gasteiger partial charge on any atom is 0.291 e. The van der Waals surface area contributed by atoms with Gasteiger partial charge in [0.1, 0.15) is 12.7 Å². The monoisotopic (exact) mass is 325 g/mol. The Morgan fingerprint density at radius 1 is 1.33 bits per heavy atom. The molecular formula is C16H15N5O3. The highest BCUT2D eigenvalue weighted by molar-refractivity contribution is 5.90. The SMILES string of the molecule is Cc1ccnc2nc(C(=O)NCC3COc4ccccc4O3)nn12. The highest BCUT2D eigenvalue weighted by atomic mass is 16.6. The van der Waals surface area contributed by atoms with Gasteiger partial charge in [-0.15, -0.1) is 5.10 Å². The Hall–Kier alpha value is -3.16. The largest absolute Gasteiger partial charge is 0.486 e. The second-order valence-corrected chi connectivity index (χ2v) is 5.44. The van der Waals surface area contributed by atoms with Gasteiger partial charge in [-0.05, 0) is 25.1 Å². The molecule has 4 rings (SSSR count). The first kappa shape index (κ1) is 14.4. The van der Waals surface area contributed by atoms with Gasteiger partial charge in [0.05, 0.1) is 6.54 Å². The molecule has 0 saturated heterocycles. The summed E-state index contributed by atoms with van der Waals surface area (Å²) in [6, 6.07) is 9.24. The Balaban J connectivity index is 1.42. The smallest absolute Gasteiger partial charge is 0.291 e. The van der Waals surface area contributed by atoms with Gasteiger partial charge in [-0.2, -0.15) is 4.98 Å². The normalized spacial score (nSPS) is 16.1. The van der Waals surface area contributed by atoms with Crippen LogP contribution in [0.3, 0.4) is 0 Å². The van der Waals surface area contributed by atoms with Crippen LogP contribution in [-0.4, -0.2) is 44.7 Å².